The van der Waals surface area contributed by atoms with E-state index in [0.29, 0.717) is 35.8 Å². The molecule has 1 aliphatic heterocycles. The molecule has 2 aromatic carbocycles. The van der Waals surface area contributed by atoms with Crippen LogP contribution in [0, 0.1) is 23.0 Å². The molecule has 1 N–H and O–H groups in total. The molecule has 1 fully saturated rings. The summed E-state index contributed by atoms with van der Waals surface area (Å²) in [6.07, 6.45) is 1.88. The highest BCUT2D eigenvalue weighted by molar-refractivity contribution is 7.89. The minimum Gasteiger partial charge on any atom is -0.322 e. The maximum atomic E-state index is 12.8. The number of sulfonamides is 1. The van der Waals surface area contributed by atoms with Crippen LogP contribution in [0.5, 0.6) is 0 Å². The first-order chi connectivity index (χ1) is 13.7. The lowest BCUT2D eigenvalue weighted by molar-refractivity contribution is -0.384. The van der Waals surface area contributed by atoms with Crippen molar-refractivity contribution >= 4 is 27.3 Å². The zero-order valence-electron chi connectivity index (χ0n) is 16.3. The molecule has 0 bridgehead atoms. The highest BCUT2D eigenvalue weighted by atomic mass is 32.2. The van der Waals surface area contributed by atoms with E-state index in [-0.39, 0.29) is 10.6 Å². The molecule has 1 unspecified atom stereocenters. The number of piperidine rings is 1. The monoisotopic (exact) mass is 417 g/mol. The van der Waals surface area contributed by atoms with Gasteiger partial charge in [-0.3, -0.25) is 14.9 Å². The summed E-state index contributed by atoms with van der Waals surface area (Å²) in [6.45, 7) is 4.70. The van der Waals surface area contributed by atoms with Gasteiger partial charge in [0.1, 0.15) is 0 Å². The molecule has 0 aromatic heterocycles. The normalized spacial score (nSPS) is 17.7. The fraction of sp³-hybridized carbons (Fsp3) is 0.350. The van der Waals surface area contributed by atoms with Gasteiger partial charge in [0.05, 0.1) is 9.82 Å². The SMILES string of the molecule is Cc1cc([N+](=O)[O-])ccc1C(=O)Nc1ccc(S(=O)(=O)N2CCCC(C)C2)cc1. The van der Waals surface area contributed by atoms with Crippen LogP contribution < -0.4 is 5.32 Å². The summed E-state index contributed by atoms with van der Waals surface area (Å²) in [7, 11) is -3.56. The molecule has 2 aromatic rings. The average molecular weight is 417 g/mol. The number of carbonyl (C=O) groups is 1. The number of benzene rings is 2. The van der Waals surface area contributed by atoms with Gasteiger partial charge in [0.15, 0.2) is 0 Å². The summed E-state index contributed by atoms with van der Waals surface area (Å²) in [5.74, 6) is -0.0834. The molecule has 0 aliphatic carbocycles. The standard InChI is InChI=1S/C20H23N3O5S/c1-14-4-3-11-22(13-14)29(27,28)18-8-5-16(6-9-18)21-20(24)19-10-7-17(23(25)26)12-15(19)2/h5-10,12,14H,3-4,11,13H2,1-2H3,(H,21,24). The molecule has 29 heavy (non-hydrogen) atoms. The lowest BCUT2D eigenvalue weighted by atomic mass is 10.0. The summed E-state index contributed by atoms with van der Waals surface area (Å²) in [6, 6.07) is 10.1. The van der Waals surface area contributed by atoms with Gasteiger partial charge in [-0.25, -0.2) is 8.42 Å². The summed E-state index contributed by atoms with van der Waals surface area (Å²) in [5, 5.41) is 13.5. The van der Waals surface area contributed by atoms with E-state index in [1.807, 2.05) is 6.92 Å². The molecule has 0 radical (unpaired) electrons. The van der Waals surface area contributed by atoms with Crippen molar-refractivity contribution < 1.29 is 18.1 Å². The molecule has 1 amide bonds. The first-order valence-corrected chi connectivity index (χ1v) is 10.8. The zero-order valence-corrected chi connectivity index (χ0v) is 17.1. The van der Waals surface area contributed by atoms with E-state index >= 15 is 0 Å². The zero-order chi connectivity index (χ0) is 21.2. The molecule has 8 nitrogen and oxygen atoms in total. The topological polar surface area (TPSA) is 110 Å². The Hall–Kier alpha value is -2.78. The molecular formula is C20H23N3O5S. The van der Waals surface area contributed by atoms with Crippen molar-refractivity contribution in [2.24, 2.45) is 5.92 Å². The number of anilines is 1. The van der Waals surface area contributed by atoms with Gasteiger partial charge in [0.2, 0.25) is 10.0 Å². The Balaban J connectivity index is 1.74. The maximum Gasteiger partial charge on any atom is 0.269 e. The van der Waals surface area contributed by atoms with Crippen LogP contribution in [0.25, 0.3) is 0 Å². The minimum absolute atomic E-state index is 0.0827. The molecular weight excluding hydrogens is 394 g/mol. The number of amides is 1. The first-order valence-electron chi connectivity index (χ1n) is 9.35. The smallest absolute Gasteiger partial charge is 0.269 e. The van der Waals surface area contributed by atoms with E-state index in [1.54, 1.807) is 19.1 Å². The van der Waals surface area contributed by atoms with Crippen molar-refractivity contribution in [3.63, 3.8) is 0 Å². The van der Waals surface area contributed by atoms with E-state index in [1.165, 1.54) is 34.6 Å². The van der Waals surface area contributed by atoms with E-state index in [4.69, 9.17) is 0 Å². The van der Waals surface area contributed by atoms with Crippen LogP contribution >= 0.6 is 0 Å². The van der Waals surface area contributed by atoms with Crippen molar-refractivity contribution in [3.8, 4) is 0 Å². The molecule has 1 saturated heterocycles. The van der Waals surface area contributed by atoms with Crippen molar-refractivity contribution in [1.29, 1.82) is 0 Å². The van der Waals surface area contributed by atoms with Crippen LogP contribution in [0.3, 0.4) is 0 Å². The average Bonchev–Trinajstić information content (AvgIpc) is 2.68. The molecule has 0 spiro atoms. The Morgan fingerprint density at radius 2 is 1.90 bits per heavy atom. The van der Waals surface area contributed by atoms with E-state index in [0.717, 1.165) is 12.8 Å². The van der Waals surface area contributed by atoms with Gasteiger partial charge in [-0.1, -0.05) is 6.92 Å². The number of hydrogen-bond donors (Lipinski definition) is 1. The van der Waals surface area contributed by atoms with Crippen LogP contribution in [0.2, 0.25) is 0 Å². The van der Waals surface area contributed by atoms with Gasteiger partial charge in [-0.05, 0) is 61.6 Å². The number of nitro benzene ring substituents is 1. The molecule has 1 aliphatic rings. The summed E-state index contributed by atoms with van der Waals surface area (Å²) in [4.78, 5) is 23.0. The van der Waals surface area contributed by atoms with Gasteiger partial charge in [-0.15, -0.1) is 0 Å². The second-order valence-corrected chi connectivity index (χ2v) is 9.28. The number of nitrogens with zero attached hydrogens (tertiary/aromatic N) is 2. The third-order valence-corrected chi connectivity index (χ3v) is 6.91. The number of aryl methyl sites for hydroxylation is 1. The first kappa shape index (κ1) is 20.9. The van der Waals surface area contributed by atoms with E-state index < -0.39 is 20.9 Å². The van der Waals surface area contributed by atoms with Crippen molar-refractivity contribution in [3.05, 3.63) is 63.7 Å². The Kier molecular flexibility index (Phi) is 5.99. The van der Waals surface area contributed by atoms with Crippen molar-refractivity contribution in [2.45, 2.75) is 31.6 Å². The van der Waals surface area contributed by atoms with Gasteiger partial charge in [0.25, 0.3) is 11.6 Å². The van der Waals surface area contributed by atoms with Crippen molar-refractivity contribution in [2.75, 3.05) is 18.4 Å². The lowest BCUT2D eigenvalue weighted by Crippen LogP contribution is -2.39. The number of nitro groups is 1. The van der Waals surface area contributed by atoms with Crippen LogP contribution in [-0.4, -0.2) is 36.6 Å². The van der Waals surface area contributed by atoms with Crippen molar-refractivity contribution in [1.82, 2.24) is 4.31 Å². The summed E-state index contributed by atoms with van der Waals surface area (Å²) in [5.41, 5.74) is 1.16. The molecule has 0 saturated carbocycles. The highest BCUT2D eigenvalue weighted by Crippen LogP contribution is 2.25. The largest absolute Gasteiger partial charge is 0.322 e. The van der Waals surface area contributed by atoms with Crippen LogP contribution in [0.4, 0.5) is 11.4 Å². The Bertz CT molecular complexity index is 1030. The molecule has 1 atom stereocenters. The van der Waals surface area contributed by atoms with Crippen LogP contribution in [0.1, 0.15) is 35.7 Å². The fourth-order valence-electron chi connectivity index (χ4n) is 3.44. The Labute approximate surface area is 169 Å². The van der Waals surface area contributed by atoms with Gasteiger partial charge in [0, 0.05) is 36.5 Å². The quantitative estimate of drug-likeness (QED) is 0.591. The number of rotatable bonds is 5. The second-order valence-electron chi connectivity index (χ2n) is 7.35. The number of nitrogens with one attached hydrogen (secondary N) is 1. The number of non-ortho nitro benzene ring substituents is 1. The van der Waals surface area contributed by atoms with Gasteiger partial charge < -0.3 is 5.32 Å². The second kappa shape index (κ2) is 8.30. The van der Waals surface area contributed by atoms with E-state index in [9.17, 15) is 23.3 Å². The molecule has 1 heterocycles. The predicted molar refractivity (Wildman–Crippen MR) is 109 cm³/mol. The molecule has 154 valence electrons. The minimum atomic E-state index is -3.56. The highest BCUT2D eigenvalue weighted by Gasteiger charge is 2.28. The maximum absolute atomic E-state index is 12.8. The lowest BCUT2D eigenvalue weighted by Gasteiger charge is -2.30. The van der Waals surface area contributed by atoms with Crippen LogP contribution in [0.15, 0.2) is 47.4 Å². The van der Waals surface area contributed by atoms with Crippen LogP contribution in [-0.2, 0) is 10.0 Å². The molecule has 3 rings (SSSR count). The van der Waals surface area contributed by atoms with Gasteiger partial charge >= 0.3 is 0 Å². The summed E-state index contributed by atoms with van der Waals surface area (Å²) < 4.78 is 27.1. The summed E-state index contributed by atoms with van der Waals surface area (Å²) >= 11 is 0. The third kappa shape index (κ3) is 4.63. The van der Waals surface area contributed by atoms with Gasteiger partial charge in [-0.2, -0.15) is 4.31 Å². The fourth-order valence-corrected chi connectivity index (χ4v) is 5.04. The Morgan fingerprint density at radius 1 is 1.21 bits per heavy atom. The van der Waals surface area contributed by atoms with E-state index in [2.05, 4.69) is 5.32 Å². The third-order valence-electron chi connectivity index (χ3n) is 5.04. The predicted octanol–water partition coefficient (Wildman–Crippen LogP) is 3.58. The Morgan fingerprint density at radius 3 is 2.48 bits per heavy atom. The number of carbonyl (C=O) groups excluding carboxylic acids is 1. The number of hydrogen-bond acceptors (Lipinski definition) is 5. The molecule has 9 heteroatoms.